The minimum Gasteiger partial charge on any atom is -0.394 e. The molecular formula is C70H135NO5. The summed E-state index contributed by atoms with van der Waals surface area (Å²) in [6.07, 6.45) is 82.7. The highest BCUT2D eigenvalue weighted by Gasteiger charge is 2.28. The van der Waals surface area contributed by atoms with Crippen molar-refractivity contribution >= 4 is 5.91 Å². The molecule has 6 nitrogen and oxygen atoms in total. The van der Waals surface area contributed by atoms with E-state index >= 15 is 0 Å². The summed E-state index contributed by atoms with van der Waals surface area (Å²) < 4.78 is 0. The van der Waals surface area contributed by atoms with Crippen molar-refractivity contribution in [2.45, 2.75) is 398 Å². The molecule has 0 aromatic heterocycles. The largest absolute Gasteiger partial charge is 0.394 e. The number of aliphatic hydroxyl groups excluding tert-OH is 4. The predicted octanol–water partition coefficient (Wildman–Crippen LogP) is 21.1. The van der Waals surface area contributed by atoms with Crippen LogP contribution in [-0.4, -0.2) is 57.3 Å². The maximum absolute atomic E-state index is 12.7. The molecule has 0 aliphatic carbocycles. The van der Waals surface area contributed by atoms with Crippen LogP contribution in [0.3, 0.4) is 0 Å². The number of nitrogens with one attached hydrogen (secondary N) is 1. The quantitative estimate of drug-likeness (QED) is 0.0308. The Bertz CT molecular complexity index is 1200. The van der Waals surface area contributed by atoms with Crippen molar-refractivity contribution in [3.8, 4) is 0 Å². The number of carbonyl (C=O) groups excluding carboxylic acids is 1. The lowest BCUT2D eigenvalue weighted by Gasteiger charge is -2.27. The number of aliphatic hydroxyl groups is 4. The normalized spacial score (nSPS) is 13.7. The van der Waals surface area contributed by atoms with E-state index in [9.17, 15) is 25.2 Å². The van der Waals surface area contributed by atoms with Gasteiger partial charge in [-0.2, -0.15) is 0 Å². The van der Waals surface area contributed by atoms with E-state index in [2.05, 4.69) is 55.6 Å². The minimum absolute atomic E-state index is 0.365. The van der Waals surface area contributed by atoms with Crippen LogP contribution in [0.5, 0.6) is 0 Å². The zero-order valence-corrected chi connectivity index (χ0v) is 51.3. The van der Waals surface area contributed by atoms with E-state index in [1.54, 1.807) is 0 Å². The van der Waals surface area contributed by atoms with Gasteiger partial charge in [0.05, 0.1) is 18.8 Å². The van der Waals surface area contributed by atoms with Gasteiger partial charge in [0.25, 0.3) is 0 Å². The summed E-state index contributed by atoms with van der Waals surface area (Å²) in [4.78, 5) is 12.7. The molecule has 0 aliphatic rings. The number of allylic oxidation sites excluding steroid dienone is 6. The van der Waals surface area contributed by atoms with Gasteiger partial charge in [-0.15, -0.1) is 0 Å². The molecular weight excluding hydrogens is 935 g/mol. The third kappa shape index (κ3) is 57.2. The van der Waals surface area contributed by atoms with Crippen molar-refractivity contribution in [3.05, 3.63) is 36.5 Å². The highest BCUT2D eigenvalue weighted by Crippen LogP contribution is 2.19. The van der Waals surface area contributed by atoms with Gasteiger partial charge in [-0.25, -0.2) is 0 Å². The first-order chi connectivity index (χ1) is 37.5. The van der Waals surface area contributed by atoms with E-state index in [1.807, 2.05) is 0 Å². The van der Waals surface area contributed by atoms with Crippen molar-refractivity contribution in [2.24, 2.45) is 0 Å². The molecule has 0 aromatic rings. The summed E-state index contributed by atoms with van der Waals surface area (Å²) in [5, 5.41) is 44.2. The molecule has 1 amide bonds. The van der Waals surface area contributed by atoms with Crippen LogP contribution in [0.1, 0.15) is 373 Å². The van der Waals surface area contributed by atoms with E-state index in [1.165, 1.54) is 302 Å². The lowest BCUT2D eigenvalue weighted by Crippen LogP contribution is -2.53. The third-order valence-electron chi connectivity index (χ3n) is 16.3. The Labute approximate surface area is 475 Å². The molecule has 76 heavy (non-hydrogen) atoms. The fraction of sp³-hybridized carbons (Fsp3) is 0.900. The Balaban J connectivity index is 3.58. The average molecular weight is 1070 g/mol. The number of rotatable bonds is 64. The van der Waals surface area contributed by atoms with Crippen LogP contribution in [0.4, 0.5) is 0 Å². The molecule has 0 fully saturated rings. The Morgan fingerprint density at radius 3 is 0.868 bits per heavy atom. The van der Waals surface area contributed by atoms with Gasteiger partial charge in [0.1, 0.15) is 12.2 Å². The van der Waals surface area contributed by atoms with Crippen LogP contribution in [0.2, 0.25) is 0 Å². The highest BCUT2D eigenvalue weighted by molar-refractivity contribution is 5.80. The van der Waals surface area contributed by atoms with Gasteiger partial charge in [-0.05, 0) is 70.6 Å². The van der Waals surface area contributed by atoms with Gasteiger partial charge >= 0.3 is 0 Å². The average Bonchev–Trinajstić information content (AvgIpc) is 3.42. The van der Waals surface area contributed by atoms with Crippen molar-refractivity contribution in [3.63, 3.8) is 0 Å². The second-order valence-corrected chi connectivity index (χ2v) is 23.9. The van der Waals surface area contributed by atoms with Crippen LogP contribution in [0, 0.1) is 0 Å². The van der Waals surface area contributed by atoms with Gasteiger partial charge in [0.15, 0.2) is 0 Å². The van der Waals surface area contributed by atoms with Gasteiger partial charge in [-0.3, -0.25) is 4.79 Å². The minimum atomic E-state index is -1.28. The van der Waals surface area contributed by atoms with Gasteiger partial charge in [0.2, 0.25) is 5.91 Å². The zero-order chi connectivity index (χ0) is 55.1. The van der Waals surface area contributed by atoms with Crippen molar-refractivity contribution in [1.29, 1.82) is 0 Å². The fourth-order valence-corrected chi connectivity index (χ4v) is 11.0. The Hall–Kier alpha value is -1.47. The second kappa shape index (κ2) is 64.4. The third-order valence-corrected chi connectivity index (χ3v) is 16.3. The van der Waals surface area contributed by atoms with Crippen LogP contribution >= 0.6 is 0 Å². The van der Waals surface area contributed by atoms with E-state index in [0.717, 1.165) is 44.9 Å². The summed E-state index contributed by atoms with van der Waals surface area (Å²) in [6.45, 7) is 4.09. The van der Waals surface area contributed by atoms with Gasteiger partial charge < -0.3 is 25.7 Å². The van der Waals surface area contributed by atoms with E-state index in [0.29, 0.717) is 12.8 Å². The van der Waals surface area contributed by atoms with E-state index < -0.39 is 36.9 Å². The number of unbranched alkanes of at least 4 members (excludes halogenated alkanes) is 49. The lowest BCUT2D eigenvalue weighted by atomic mass is 10.00. The second-order valence-electron chi connectivity index (χ2n) is 23.9. The number of hydrogen-bond donors (Lipinski definition) is 5. The van der Waals surface area contributed by atoms with Crippen LogP contribution in [0.15, 0.2) is 36.5 Å². The molecule has 4 atom stereocenters. The van der Waals surface area contributed by atoms with Crippen LogP contribution < -0.4 is 5.32 Å². The van der Waals surface area contributed by atoms with Gasteiger partial charge in [-0.1, -0.05) is 339 Å². The molecule has 0 saturated heterocycles. The molecule has 0 saturated carbocycles. The monoisotopic (exact) mass is 1070 g/mol. The van der Waals surface area contributed by atoms with Gasteiger partial charge in [0, 0.05) is 0 Å². The number of carbonyl (C=O) groups is 1. The first-order valence-electron chi connectivity index (χ1n) is 34.4. The first-order valence-corrected chi connectivity index (χ1v) is 34.4. The summed E-state index contributed by atoms with van der Waals surface area (Å²) in [5.74, 6) is -0.588. The molecule has 0 rings (SSSR count). The molecule has 5 N–H and O–H groups in total. The summed E-state index contributed by atoms with van der Waals surface area (Å²) >= 11 is 0. The molecule has 0 spiro atoms. The number of hydrogen-bond acceptors (Lipinski definition) is 5. The fourth-order valence-electron chi connectivity index (χ4n) is 11.0. The van der Waals surface area contributed by atoms with Crippen molar-refractivity contribution < 1.29 is 25.2 Å². The molecule has 0 aromatic carbocycles. The summed E-state index contributed by atoms with van der Waals surface area (Å²) in [5.41, 5.74) is 0. The summed E-state index contributed by atoms with van der Waals surface area (Å²) in [6, 6.07) is -1.00. The molecule has 0 heterocycles. The highest BCUT2D eigenvalue weighted by atomic mass is 16.3. The van der Waals surface area contributed by atoms with Crippen LogP contribution in [0.25, 0.3) is 0 Å². The lowest BCUT2D eigenvalue weighted by molar-refractivity contribution is -0.132. The Morgan fingerprint density at radius 1 is 0.329 bits per heavy atom. The smallest absolute Gasteiger partial charge is 0.249 e. The Kier molecular flexibility index (Phi) is 63.1. The standard InChI is InChI=1S/C70H135NO5/c1-3-5-7-9-11-13-15-17-19-21-23-25-27-29-31-33-34-35-36-38-40-42-44-46-48-50-52-54-56-58-60-62-64-68(74)70(76)71-66(65-72)69(75)67(73)63-61-59-57-55-53-51-49-47-45-43-41-39-37-32-30-28-26-24-22-20-18-16-14-12-10-8-6-4-2/h23,25,29,31,55,57,66-69,72-75H,3-22,24,26-28,30,32-54,56,58-65H2,1-2H3,(H,71,76)/b25-23-,31-29-,57-55+. The molecule has 0 aliphatic heterocycles. The maximum atomic E-state index is 12.7. The molecule has 0 radical (unpaired) electrons. The van der Waals surface area contributed by atoms with E-state index in [4.69, 9.17) is 0 Å². The number of amides is 1. The predicted molar refractivity (Wildman–Crippen MR) is 334 cm³/mol. The molecule has 450 valence electrons. The van der Waals surface area contributed by atoms with E-state index in [-0.39, 0.29) is 0 Å². The molecule has 4 unspecified atom stereocenters. The molecule has 0 bridgehead atoms. The zero-order valence-electron chi connectivity index (χ0n) is 51.3. The van der Waals surface area contributed by atoms with Crippen molar-refractivity contribution in [1.82, 2.24) is 5.32 Å². The SMILES string of the molecule is CCCCCCCCCCC/C=C\C/C=C\CCCCCCCCCCCCCCCCCCC(O)C(=O)NC(CO)C(O)C(O)CCC/C=C/CCCCCCCCCCCCCCCCCCCCCCCCC. The Morgan fingerprint density at radius 2 is 0.579 bits per heavy atom. The topological polar surface area (TPSA) is 110 Å². The first kappa shape index (κ1) is 74.5. The van der Waals surface area contributed by atoms with Crippen LogP contribution in [-0.2, 0) is 4.79 Å². The molecule has 6 heteroatoms. The summed E-state index contributed by atoms with van der Waals surface area (Å²) in [7, 11) is 0. The van der Waals surface area contributed by atoms with Crippen molar-refractivity contribution in [2.75, 3.05) is 6.61 Å². The maximum Gasteiger partial charge on any atom is 0.249 e.